The number of aromatic nitrogens is 2. The zero-order valence-electron chi connectivity index (χ0n) is 17.6. The van der Waals surface area contributed by atoms with E-state index in [4.69, 9.17) is 4.74 Å². The van der Waals surface area contributed by atoms with Crippen molar-refractivity contribution in [2.45, 2.75) is 25.4 Å². The molecule has 160 valence electrons. The van der Waals surface area contributed by atoms with Gasteiger partial charge in [0.1, 0.15) is 0 Å². The quantitative estimate of drug-likeness (QED) is 0.541. The van der Waals surface area contributed by atoms with Crippen LogP contribution in [0.15, 0.2) is 35.7 Å². The summed E-state index contributed by atoms with van der Waals surface area (Å²) in [6.07, 6.45) is 2.12. The molecule has 1 aliphatic heterocycles. The van der Waals surface area contributed by atoms with Gasteiger partial charge in [0.05, 0.1) is 17.6 Å². The Morgan fingerprint density at radius 3 is 3.07 bits per heavy atom. The molecule has 3 heterocycles. The number of anilines is 1. The van der Waals surface area contributed by atoms with Gasteiger partial charge in [-0.2, -0.15) is 0 Å². The maximum atomic E-state index is 12.9. The molecule has 1 unspecified atom stereocenters. The van der Waals surface area contributed by atoms with Crippen LogP contribution in [0.5, 0.6) is 0 Å². The Kier molecular flexibility index (Phi) is 6.66. The molecule has 0 saturated carbocycles. The molecule has 1 saturated heterocycles. The van der Waals surface area contributed by atoms with Gasteiger partial charge in [-0.05, 0) is 49.0 Å². The van der Waals surface area contributed by atoms with Gasteiger partial charge in [0, 0.05) is 50.3 Å². The normalized spacial score (nSPS) is 17.3. The Labute approximate surface area is 181 Å². The zero-order chi connectivity index (χ0) is 20.9. The van der Waals surface area contributed by atoms with Crippen LogP contribution in [0.25, 0.3) is 11.0 Å². The minimum absolute atomic E-state index is 0.0283. The Morgan fingerprint density at radius 1 is 1.37 bits per heavy atom. The predicted octanol–water partition coefficient (Wildman–Crippen LogP) is 3.09. The number of piperidine rings is 1. The highest BCUT2D eigenvalue weighted by Gasteiger charge is 2.22. The average Bonchev–Trinajstić information content (AvgIpc) is 3.36. The first kappa shape index (κ1) is 20.8. The van der Waals surface area contributed by atoms with E-state index in [0.29, 0.717) is 18.7 Å². The number of carbonyl (C=O) groups is 1. The standard InChI is InChI=1S/C22H29N5O2S/c1-26-20-8-7-16(13-19(20)25-22(26)23-9-11-29-2)21(28)24-17-5-3-10-27(14-17)15-18-6-4-12-30-18/h4,6-8,12-13,17H,3,5,9-11,14-15H2,1-2H3,(H,23,25)(H,24,28). The molecule has 2 N–H and O–H groups in total. The Morgan fingerprint density at radius 2 is 2.27 bits per heavy atom. The van der Waals surface area contributed by atoms with E-state index in [2.05, 4.69) is 38.0 Å². The molecule has 2 aromatic heterocycles. The highest BCUT2D eigenvalue weighted by molar-refractivity contribution is 7.09. The predicted molar refractivity (Wildman–Crippen MR) is 121 cm³/mol. The molecule has 0 spiro atoms. The molecular formula is C22H29N5O2S. The minimum Gasteiger partial charge on any atom is -0.383 e. The molecule has 1 fully saturated rings. The Bertz CT molecular complexity index is 985. The van der Waals surface area contributed by atoms with Gasteiger partial charge in [-0.1, -0.05) is 6.07 Å². The van der Waals surface area contributed by atoms with Gasteiger partial charge in [-0.25, -0.2) is 4.98 Å². The van der Waals surface area contributed by atoms with E-state index in [0.717, 1.165) is 49.5 Å². The molecule has 0 aliphatic carbocycles. The number of imidazole rings is 1. The van der Waals surface area contributed by atoms with Crippen molar-refractivity contribution < 1.29 is 9.53 Å². The number of likely N-dealkylation sites (tertiary alicyclic amines) is 1. The molecule has 8 heteroatoms. The molecule has 4 rings (SSSR count). The van der Waals surface area contributed by atoms with Crippen molar-refractivity contribution >= 4 is 34.2 Å². The van der Waals surface area contributed by atoms with Crippen LogP contribution < -0.4 is 10.6 Å². The summed E-state index contributed by atoms with van der Waals surface area (Å²) >= 11 is 1.79. The lowest BCUT2D eigenvalue weighted by Gasteiger charge is -2.32. The average molecular weight is 428 g/mol. The van der Waals surface area contributed by atoms with Gasteiger partial charge in [-0.3, -0.25) is 9.69 Å². The molecule has 1 aromatic carbocycles. The van der Waals surface area contributed by atoms with Crippen LogP contribution in [-0.4, -0.2) is 59.8 Å². The second-order valence-corrected chi connectivity index (χ2v) is 8.78. The molecule has 30 heavy (non-hydrogen) atoms. The fourth-order valence-electron chi connectivity index (χ4n) is 3.97. The molecule has 7 nitrogen and oxygen atoms in total. The van der Waals surface area contributed by atoms with Crippen molar-refractivity contribution in [2.24, 2.45) is 7.05 Å². The molecule has 1 aliphatic rings. The van der Waals surface area contributed by atoms with E-state index in [1.165, 1.54) is 4.88 Å². The lowest BCUT2D eigenvalue weighted by molar-refractivity contribution is 0.0901. The minimum atomic E-state index is -0.0283. The molecule has 0 bridgehead atoms. The number of thiophene rings is 1. The number of nitrogens with one attached hydrogen (secondary N) is 2. The monoisotopic (exact) mass is 427 g/mol. The largest absolute Gasteiger partial charge is 0.383 e. The van der Waals surface area contributed by atoms with Gasteiger partial charge in [-0.15, -0.1) is 11.3 Å². The smallest absolute Gasteiger partial charge is 0.251 e. The fourth-order valence-corrected chi connectivity index (χ4v) is 4.72. The van der Waals surface area contributed by atoms with Crippen molar-refractivity contribution in [3.8, 4) is 0 Å². The maximum absolute atomic E-state index is 12.9. The summed E-state index contributed by atoms with van der Waals surface area (Å²) in [5, 5.41) is 8.61. The van der Waals surface area contributed by atoms with Crippen LogP contribution in [-0.2, 0) is 18.3 Å². The van der Waals surface area contributed by atoms with Crippen LogP contribution in [0.4, 0.5) is 5.95 Å². The van der Waals surface area contributed by atoms with Crippen molar-refractivity contribution in [1.29, 1.82) is 0 Å². The van der Waals surface area contributed by atoms with Crippen LogP contribution >= 0.6 is 11.3 Å². The molecule has 3 aromatic rings. The number of amides is 1. The van der Waals surface area contributed by atoms with E-state index in [1.54, 1.807) is 18.4 Å². The van der Waals surface area contributed by atoms with E-state index >= 15 is 0 Å². The lowest BCUT2D eigenvalue weighted by Crippen LogP contribution is -2.47. The van der Waals surface area contributed by atoms with E-state index in [-0.39, 0.29) is 11.9 Å². The van der Waals surface area contributed by atoms with Crippen molar-refractivity contribution in [3.05, 3.63) is 46.2 Å². The summed E-state index contributed by atoms with van der Waals surface area (Å²) in [4.78, 5) is 21.3. The number of rotatable bonds is 8. The van der Waals surface area contributed by atoms with Gasteiger partial charge >= 0.3 is 0 Å². The van der Waals surface area contributed by atoms with E-state index in [1.807, 2.05) is 29.8 Å². The Balaban J connectivity index is 1.40. The number of aryl methyl sites for hydroxylation is 1. The number of benzene rings is 1. The first-order valence-corrected chi connectivity index (χ1v) is 11.3. The van der Waals surface area contributed by atoms with E-state index < -0.39 is 0 Å². The molecule has 1 atom stereocenters. The second-order valence-electron chi connectivity index (χ2n) is 7.74. The fraction of sp³-hybridized carbons (Fsp3) is 0.455. The number of fused-ring (bicyclic) bond motifs is 1. The zero-order valence-corrected chi connectivity index (χ0v) is 18.4. The van der Waals surface area contributed by atoms with Crippen LogP contribution in [0.1, 0.15) is 28.1 Å². The maximum Gasteiger partial charge on any atom is 0.251 e. The summed E-state index contributed by atoms with van der Waals surface area (Å²) in [5.41, 5.74) is 2.46. The van der Waals surface area contributed by atoms with Crippen molar-refractivity contribution in [1.82, 2.24) is 19.8 Å². The van der Waals surface area contributed by atoms with Crippen molar-refractivity contribution in [2.75, 3.05) is 38.7 Å². The summed E-state index contributed by atoms with van der Waals surface area (Å²) < 4.78 is 7.08. The number of ether oxygens (including phenoxy) is 1. The Hall–Kier alpha value is -2.42. The van der Waals surface area contributed by atoms with Crippen LogP contribution in [0.2, 0.25) is 0 Å². The SMILES string of the molecule is COCCNc1nc2cc(C(=O)NC3CCCN(Cc4cccs4)C3)ccc2n1C. The van der Waals surface area contributed by atoms with Crippen LogP contribution in [0.3, 0.4) is 0 Å². The third-order valence-corrected chi connectivity index (χ3v) is 6.39. The number of carbonyl (C=O) groups excluding carboxylic acids is 1. The summed E-state index contributed by atoms with van der Waals surface area (Å²) in [6.45, 7) is 4.24. The molecular weight excluding hydrogens is 398 g/mol. The summed E-state index contributed by atoms with van der Waals surface area (Å²) in [6, 6.07) is 10.2. The second kappa shape index (κ2) is 9.59. The number of nitrogens with zero attached hydrogens (tertiary/aromatic N) is 3. The first-order chi connectivity index (χ1) is 14.6. The van der Waals surface area contributed by atoms with Gasteiger partial charge in [0.2, 0.25) is 5.95 Å². The van der Waals surface area contributed by atoms with Gasteiger partial charge in [0.25, 0.3) is 5.91 Å². The first-order valence-electron chi connectivity index (χ1n) is 10.4. The topological polar surface area (TPSA) is 71.4 Å². The van der Waals surface area contributed by atoms with Crippen molar-refractivity contribution in [3.63, 3.8) is 0 Å². The third-order valence-electron chi connectivity index (χ3n) is 5.53. The number of hydrogen-bond acceptors (Lipinski definition) is 6. The van der Waals surface area contributed by atoms with E-state index in [9.17, 15) is 4.79 Å². The third kappa shape index (κ3) is 4.83. The number of methoxy groups -OCH3 is 1. The number of hydrogen-bond donors (Lipinski definition) is 2. The van der Waals surface area contributed by atoms with Gasteiger partial charge in [0.15, 0.2) is 0 Å². The molecule has 0 radical (unpaired) electrons. The van der Waals surface area contributed by atoms with Gasteiger partial charge < -0.3 is 19.9 Å². The summed E-state index contributed by atoms with van der Waals surface area (Å²) in [7, 11) is 3.64. The lowest BCUT2D eigenvalue weighted by atomic mass is 10.0. The highest BCUT2D eigenvalue weighted by atomic mass is 32.1. The van der Waals surface area contributed by atoms with Crippen LogP contribution in [0, 0.1) is 0 Å². The molecule has 1 amide bonds. The summed E-state index contributed by atoms with van der Waals surface area (Å²) in [5.74, 6) is 0.746. The highest BCUT2D eigenvalue weighted by Crippen LogP contribution is 2.21.